The fraction of sp³-hybridized carbons (Fsp3) is 0.414. The third kappa shape index (κ3) is 4.39. The van der Waals surface area contributed by atoms with Crippen LogP contribution in [0, 0.1) is 20.8 Å². The molecule has 0 amide bonds. The minimum absolute atomic E-state index is 0.0246. The number of Topliss-reactive ketones (excluding diaryl/α,β-unsaturated/α-hetero) is 1. The number of carbonyl (C=O) groups is 1. The Morgan fingerprint density at radius 3 is 2.81 bits per heavy atom. The lowest BCUT2D eigenvalue weighted by molar-refractivity contribution is 0.0957. The van der Waals surface area contributed by atoms with Crippen LogP contribution in [0.3, 0.4) is 0 Å². The highest BCUT2D eigenvalue weighted by atomic mass is 32.2. The molecule has 2 aliphatic rings. The maximum atomic E-state index is 13.9. The topological polar surface area (TPSA) is 66.1 Å². The number of thiophene rings is 1. The lowest BCUT2D eigenvalue weighted by atomic mass is 10.2. The normalized spacial score (nSPS) is 17.1. The number of para-hydroxylation sites is 1. The van der Waals surface area contributed by atoms with Crippen LogP contribution in [0.1, 0.15) is 57.0 Å². The van der Waals surface area contributed by atoms with Gasteiger partial charge in [-0.15, -0.1) is 11.3 Å². The van der Waals surface area contributed by atoms with Gasteiger partial charge in [0.25, 0.3) is 5.56 Å². The first-order valence-electron chi connectivity index (χ1n) is 13.0. The Labute approximate surface area is 224 Å². The number of hydrogen-bond donors (Lipinski definition) is 0. The highest BCUT2D eigenvalue weighted by Crippen LogP contribution is 2.36. The van der Waals surface area contributed by atoms with Gasteiger partial charge >= 0.3 is 0 Å². The van der Waals surface area contributed by atoms with Crippen molar-refractivity contribution in [2.24, 2.45) is 0 Å². The van der Waals surface area contributed by atoms with E-state index in [-0.39, 0.29) is 23.2 Å². The highest BCUT2D eigenvalue weighted by Gasteiger charge is 2.26. The summed E-state index contributed by atoms with van der Waals surface area (Å²) in [6, 6.07) is 9.87. The second-order valence-electron chi connectivity index (χ2n) is 10.1. The molecule has 4 heterocycles. The Morgan fingerprint density at radius 2 is 2.03 bits per heavy atom. The van der Waals surface area contributed by atoms with E-state index in [2.05, 4.69) is 4.57 Å². The van der Waals surface area contributed by atoms with Crippen LogP contribution in [-0.4, -0.2) is 38.4 Å². The molecule has 0 N–H and O–H groups in total. The Balaban J connectivity index is 1.34. The number of carbonyl (C=O) groups excluding carboxylic acids is 1. The largest absolute Gasteiger partial charge is 0.376 e. The minimum Gasteiger partial charge on any atom is -0.376 e. The van der Waals surface area contributed by atoms with Gasteiger partial charge in [0.1, 0.15) is 4.83 Å². The summed E-state index contributed by atoms with van der Waals surface area (Å²) in [5.74, 6) is 0.273. The number of nitrogens with zero attached hydrogens (tertiary/aromatic N) is 3. The number of thioether (sulfide) groups is 1. The third-order valence-electron chi connectivity index (χ3n) is 7.68. The highest BCUT2D eigenvalue weighted by molar-refractivity contribution is 7.99. The Morgan fingerprint density at radius 1 is 1.19 bits per heavy atom. The van der Waals surface area contributed by atoms with Crippen LogP contribution in [0.4, 0.5) is 0 Å². The molecule has 4 aromatic rings. The van der Waals surface area contributed by atoms with Gasteiger partial charge in [-0.2, -0.15) is 0 Å². The van der Waals surface area contributed by atoms with Crippen LogP contribution >= 0.6 is 23.1 Å². The van der Waals surface area contributed by atoms with E-state index in [9.17, 15) is 9.59 Å². The van der Waals surface area contributed by atoms with E-state index in [0.717, 1.165) is 83.7 Å². The van der Waals surface area contributed by atoms with E-state index in [1.807, 2.05) is 51.1 Å². The van der Waals surface area contributed by atoms with E-state index in [4.69, 9.17) is 9.72 Å². The monoisotopic (exact) mass is 533 g/mol. The summed E-state index contributed by atoms with van der Waals surface area (Å²) in [5, 5.41) is 1.34. The average molecular weight is 534 g/mol. The first-order valence-corrected chi connectivity index (χ1v) is 14.8. The van der Waals surface area contributed by atoms with Crippen molar-refractivity contribution < 1.29 is 9.53 Å². The van der Waals surface area contributed by atoms with Crippen molar-refractivity contribution in [2.75, 3.05) is 12.4 Å². The van der Waals surface area contributed by atoms with Gasteiger partial charge in [-0.3, -0.25) is 14.2 Å². The molecule has 0 unspecified atom stereocenters. The lowest BCUT2D eigenvalue weighted by Crippen LogP contribution is -2.23. The van der Waals surface area contributed by atoms with Crippen LogP contribution in [-0.2, 0) is 24.1 Å². The SMILES string of the molecule is Cc1ccccc1-n1c(SCC(=O)c2cc(C)n(C[C@H]3CCCO3)c2C)nc2sc3c(c2c1=O)CCC3. The maximum absolute atomic E-state index is 13.9. The minimum atomic E-state index is -0.0246. The van der Waals surface area contributed by atoms with Gasteiger partial charge in [-0.25, -0.2) is 4.98 Å². The maximum Gasteiger partial charge on any atom is 0.267 e. The van der Waals surface area contributed by atoms with Gasteiger partial charge in [0.15, 0.2) is 10.9 Å². The van der Waals surface area contributed by atoms with Gasteiger partial charge in [0, 0.05) is 35.0 Å². The number of aromatic nitrogens is 3. The summed E-state index contributed by atoms with van der Waals surface area (Å²) in [6.45, 7) is 7.67. The molecule has 1 aliphatic heterocycles. The molecule has 0 spiro atoms. The molecule has 37 heavy (non-hydrogen) atoms. The molecule has 1 aromatic carbocycles. The van der Waals surface area contributed by atoms with Crippen LogP contribution in [0.5, 0.6) is 0 Å². The quantitative estimate of drug-likeness (QED) is 0.170. The summed E-state index contributed by atoms with van der Waals surface area (Å²) in [5.41, 5.74) is 5.77. The van der Waals surface area contributed by atoms with E-state index in [1.165, 1.54) is 22.2 Å². The van der Waals surface area contributed by atoms with Crippen LogP contribution in [0.15, 0.2) is 40.3 Å². The van der Waals surface area contributed by atoms with Crippen LogP contribution in [0.2, 0.25) is 0 Å². The molecule has 192 valence electrons. The van der Waals surface area contributed by atoms with Crippen molar-refractivity contribution >= 4 is 39.1 Å². The first kappa shape index (κ1) is 24.6. The molecule has 1 fully saturated rings. The molecular formula is C29H31N3O3S2. The number of hydrogen-bond acceptors (Lipinski definition) is 6. The molecule has 6 nitrogen and oxygen atoms in total. The third-order valence-corrected chi connectivity index (χ3v) is 9.81. The van der Waals surface area contributed by atoms with Gasteiger partial charge < -0.3 is 9.30 Å². The number of fused-ring (bicyclic) bond motifs is 3. The molecule has 3 aromatic heterocycles. The van der Waals surface area contributed by atoms with Gasteiger partial charge in [-0.1, -0.05) is 30.0 Å². The van der Waals surface area contributed by atoms with E-state index in [0.29, 0.717) is 5.16 Å². The van der Waals surface area contributed by atoms with Crippen molar-refractivity contribution in [2.45, 2.75) is 70.7 Å². The van der Waals surface area contributed by atoms with E-state index >= 15 is 0 Å². The number of ketones is 1. The van der Waals surface area contributed by atoms with E-state index < -0.39 is 0 Å². The Hall–Kier alpha value is -2.68. The van der Waals surface area contributed by atoms with Crippen molar-refractivity contribution in [3.8, 4) is 5.69 Å². The molecular weight excluding hydrogens is 502 g/mol. The number of rotatable bonds is 7. The molecule has 8 heteroatoms. The summed E-state index contributed by atoms with van der Waals surface area (Å²) in [7, 11) is 0. The standard InChI is InChI=1S/C29H31N3O3S2/c1-17-8-4-5-11-23(17)32-28(34)26-21-10-6-12-25(21)37-27(26)30-29(32)36-16-24(33)22-14-18(2)31(19(22)3)15-20-9-7-13-35-20/h4-5,8,11,14,20H,6-7,9-10,12-13,15-16H2,1-3H3/t20-/m1/s1. The van der Waals surface area contributed by atoms with E-state index in [1.54, 1.807) is 15.9 Å². The zero-order valence-electron chi connectivity index (χ0n) is 21.5. The lowest BCUT2D eigenvalue weighted by Gasteiger charge is -2.15. The van der Waals surface area contributed by atoms with Crippen LogP contribution < -0.4 is 5.56 Å². The molecule has 0 bridgehead atoms. The number of ether oxygens (including phenoxy) is 1. The Bertz CT molecular complexity index is 1570. The molecule has 0 saturated carbocycles. The van der Waals surface area contributed by atoms with Crippen molar-refractivity contribution in [1.82, 2.24) is 14.1 Å². The summed E-state index contributed by atoms with van der Waals surface area (Å²) in [4.78, 5) is 34.4. The second kappa shape index (κ2) is 9.89. The summed E-state index contributed by atoms with van der Waals surface area (Å²) < 4.78 is 9.75. The van der Waals surface area contributed by atoms with Crippen molar-refractivity contribution in [1.29, 1.82) is 0 Å². The fourth-order valence-corrected chi connectivity index (χ4v) is 7.90. The predicted octanol–water partition coefficient (Wildman–Crippen LogP) is 5.82. The van der Waals surface area contributed by atoms with Crippen LogP contribution in [0.25, 0.3) is 15.9 Å². The molecule has 1 saturated heterocycles. The van der Waals surface area contributed by atoms with Crippen molar-refractivity contribution in [3.63, 3.8) is 0 Å². The van der Waals surface area contributed by atoms with Gasteiger partial charge in [0.2, 0.25) is 0 Å². The first-order chi connectivity index (χ1) is 17.9. The average Bonchev–Trinajstić information content (AvgIpc) is 3.66. The molecule has 1 aliphatic carbocycles. The van der Waals surface area contributed by atoms with Gasteiger partial charge in [0.05, 0.1) is 22.9 Å². The zero-order chi connectivity index (χ0) is 25.7. The summed E-state index contributed by atoms with van der Waals surface area (Å²) >= 11 is 2.99. The second-order valence-corrected chi connectivity index (χ2v) is 12.1. The predicted molar refractivity (Wildman–Crippen MR) is 150 cm³/mol. The molecule has 6 rings (SSSR count). The zero-order valence-corrected chi connectivity index (χ0v) is 23.1. The number of benzene rings is 1. The smallest absolute Gasteiger partial charge is 0.267 e. The van der Waals surface area contributed by atoms with Gasteiger partial charge in [-0.05, 0) is 76.1 Å². The number of aryl methyl sites for hydroxylation is 4. The Kier molecular flexibility index (Phi) is 6.59. The summed E-state index contributed by atoms with van der Waals surface area (Å²) in [6.07, 6.45) is 5.42. The fourth-order valence-electron chi connectivity index (χ4n) is 5.71. The molecule has 0 radical (unpaired) electrons. The molecule has 1 atom stereocenters. The van der Waals surface area contributed by atoms with Crippen molar-refractivity contribution in [3.05, 3.63) is 73.6 Å².